The van der Waals surface area contributed by atoms with E-state index in [2.05, 4.69) is 47.3 Å². The molecule has 1 atom stereocenters. The number of H-pyrrole nitrogens is 1. The maximum absolute atomic E-state index is 12.4. The van der Waals surface area contributed by atoms with Gasteiger partial charge in [0.25, 0.3) is 0 Å². The fourth-order valence-corrected chi connectivity index (χ4v) is 3.03. The maximum atomic E-state index is 12.4. The van der Waals surface area contributed by atoms with E-state index < -0.39 is 0 Å². The first kappa shape index (κ1) is 17.9. The third kappa shape index (κ3) is 4.60. The van der Waals surface area contributed by atoms with Gasteiger partial charge in [-0.15, -0.1) is 0 Å². The van der Waals surface area contributed by atoms with Crippen LogP contribution in [0.3, 0.4) is 0 Å². The molecule has 134 valence electrons. The quantitative estimate of drug-likeness (QED) is 0.657. The van der Waals surface area contributed by atoms with Gasteiger partial charge in [-0.05, 0) is 30.9 Å². The van der Waals surface area contributed by atoms with E-state index in [0.29, 0.717) is 6.42 Å². The lowest BCUT2D eigenvalue weighted by Crippen LogP contribution is -2.29. The van der Waals surface area contributed by atoms with E-state index >= 15 is 0 Å². The molecule has 3 aromatic rings. The molecule has 0 aliphatic heterocycles. The number of hydrogen-bond acceptors (Lipinski definition) is 2. The number of rotatable bonds is 7. The minimum Gasteiger partial charge on any atom is -0.346 e. The molecule has 0 spiro atoms. The minimum absolute atomic E-state index is 0.0519. The number of nitrogens with zero attached hydrogens (tertiary/aromatic N) is 1. The van der Waals surface area contributed by atoms with E-state index in [9.17, 15) is 4.79 Å². The molecular weight excluding hydrogens is 322 g/mol. The number of aromatic amines is 1. The molecule has 0 bridgehead atoms. The van der Waals surface area contributed by atoms with Crippen molar-refractivity contribution in [2.45, 2.75) is 39.2 Å². The molecule has 1 unspecified atom stereocenters. The second kappa shape index (κ2) is 8.48. The first-order chi connectivity index (χ1) is 12.7. The van der Waals surface area contributed by atoms with Gasteiger partial charge in [0.2, 0.25) is 5.91 Å². The molecule has 0 fully saturated rings. The summed E-state index contributed by atoms with van der Waals surface area (Å²) in [7, 11) is 0. The number of aromatic nitrogens is 2. The molecule has 0 aliphatic carbocycles. The monoisotopic (exact) mass is 347 g/mol. The molecule has 1 aromatic heterocycles. The summed E-state index contributed by atoms with van der Waals surface area (Å²) in [6.07, 6.45) is 3.84. The Bertz CT molecular complexity index is 855. The molecule has 2 N–H and O–H groups in total. The van der Waals surface area contributed by atoms with Gasteiger partial charge in [0.15, 0.2) is 0 Å². The molecule has 4 heteroatoms. The lowest BCUT2D eigenvalue weighted by Gasteiger charge is -2.15. The zero-order valence-electron chi connectivity index (χ0n) is 15.3. The summed E-state index contributed by atoms with van der Waals surface area (Å²) in [6, 6.07) is 18.3. The smallest absolute Gasteiger partial charge is 0.220 e. The molecule has 0 radical (unpaired) electrons. The normalized spacial score (nSPS) is 11.9. The Morgan fingerprint density at radius 1 is 1.15 bits per heavy atom. The van der Waals surface area contributed by atoms with E-state index in [-0.39, 0.29) is 11.9 Å². The van der Waals surface area contributed by atoms with Crippen LogP contribution in [-0.4, -0.2) is 15.9 Å². The van der Waals surface area contributed by atoms with E-state index in [1.807, 2.05) is 42.6 Å². The average molecular weight is 347 g/mol. The predicted molar refractivity (Wildman–Crippen MR) is 105 cm³/mol. The van der Waals surface area contributed by atoms with Gasteiger partial charge < -0.3 is 10.3 Å². The summed E-state index contributed by atoms with van der Waals surface area (Å²) in [6.45, 7) is 4.12. The highest BCUT2D eigenvalue weighted by atomic mass is 16.1. The Morgan fingerprint density at radius 2 is 1.96 bits per heavy atom. The molecule has 1 amide bonds. The molecule has 4 nitrogen and oxygen atoms in total. The molecule has 0 aliphatic rings. The number of imidazole rings is 1. The van der Waals surface area contributed by atoms with Crippen LogP contribution in [0.5, 0.6) is 0 Å². The number of nitrogens with one attached hydrogen (secondary N) is 2. The van der Waals surface area contributed by atoms with Gasteiger partial charge in [-0.2, -0.15) is 0 Å². The lowest BCUT2D eigenvalue weighted by molar-refractivity contribution is -0.121. The van der Waals surface area contributed by atoms with Crippen molar-refractivity contribution >= 4 is 5.91 Å². The average Bonchev–Trinajstić information content (AvgIpc) is 3.15. The summed E-state index contributed by atoms with van der Waals surface area (Å²) >= 11 is 0. The third-order valence-corrected chi connectivity index (χ3v) is 4.48. The summed E-state index contributed by atoms with van der Waals surface area (Å²) < 4.78 is 0. The highest BCUT2D eigenvalue weighted by Gasteiger charge is 2.16. The number of benzene rings is 2. The Labute approximate surface area is 154 Å². The van der Waals surface area contributed by atoms with Gasteiger partial charge >= 0.3 is 0 Å². The highest BCUT2D eigenvalue weighted by Crippen LogP contribution is 2.20. The Hall–Kier alpha value is -2.88. The van der Waals surface area contributed by atoms with Crippen LogP contribution in [0.1, 0.15) is 42.8 Å². The molecule has 1 heterocycles. The van der Waals surface area contributed by atoms with Crippen LogP contribution >= 0.6 is 0 Å². The highest BCUT2D eigenvalue weighted by molar-refractivity contribution is 5.76. The van der Waals surface area contributed by atoms with Crippen LogP contribution in [0, 0.1) is 6.92 Å². The first-order valence-electron chi connectivity index (χ1n) is 9.11. The van der Waals surface area contributed by atoms with Gasteiger partial charge in [0, 0.05) is 6.42 Å². The first-order valence-corrected chi connectivity index (χ1v) is 9.11. The topological polar surface area (TPSA) is 57.8 Å². The van der Waals surface area contributed by atoms with Crippen LogP contribution in [0.4, 0.5) is 0 Å². The van der Waals surface area contributed by atoms with Crippen LogP contribution < -0.4 is 5.32 Å². The maximum Gasteiger partial charge on any atom is 0.220 e. The minimum atomic E-state index is -0.0996. The van der Waals surface area contributed by atoms with Crippen molar-refractivity contribution in [3.63, 3.8) is 0 Å². The van der Waals surface area contributed by atoms with Crippen molar-refractivity contribution < 1.29 is 4.79 Å². The van der Waals surface area contributed by atoms with Gasteiger partial charge in [0.1, 0.15) is 5.82 Å². The van der Waals surface area contributed by atoms with E-state index in [1.165, 1.54) is 11.1 Å². The SMILES string of the molecule is CCC(NC(=O)CCc1cccc(C)c1)c1ncc(-c2ccccc2)[nH]1. The molecule has 26 heavy (non-hydrogen) atoms. The van der Waals surface area contributed by atoms with Crippen molar-refractivity contribution in [1.29, 1.82) is 0 Å². The van der Waals surface area contributed by atoms with Gasteiger partial charge in [-0.1, -0.05) is 67.1 Å². The van der Waals surface area contributed by atoms with Gasteiger partial charge in [0.05, 0.1) is 17.9 Å². The van der Waals surface area contributed by atoms with Crippen molar-refractivity contribution in [1.82, 2.24) is 15.3 Å². The zero-order chi connectivity index (χ0) is 18.4. The van der Waals surface area contributed by atoms with Crippen molar-refractivity contribution in [2.24, 2.45) is 0 Å². The molecule has 2 aromatic carbocycles. The number of aryl methyl sites for hydroxylation is 2. The number of hydrogen-bond donors (Lipinski definition) is 2. The van der Waals surface area contributed by atoms with Crippen molar-refractivity contribution in [3.05, 3.63) is 77.7 Å². The predicted octanol–water partition coefficient (Wildman–Crippen LogP) is 4.59. The zero-order valence-corrected chi connectivity index (χ0v) is 15.3. The fraction of sp³-hybridized carbons (Fsp3) is 0.273. The number of carbonyl (C=O) groups is 1. The Balaban J connectivity index is 1.60. The van der Waals surface area contributed by atoms with E-state index in [4.69, 9.17) is 0 Å². The number of carbonyl (C=O) groups excluding carboxylic acids is 1. The molecule has 0 saturated carbocycles. The van der Waals surface area contributed by atoms with Gasteiger partial charge in [-0.3, -0.25) is 4.79 Å². The lowest BCUT2D eigenvalue weighted by atomic mass is 10.1. The second-order valence-corrected chi connectivity index (χ2v) is 6.57. The third-order valence-electron chi connectivity index (χ3n) is 4.48. The van der Waals surface area contributed by atoms with E-state index in [1.54, 1.807) is 0 Å². The van der Waals surface area contributed by atoms with Crippen molar-refractivity contribution in [2.75, 3.05) is 0 Å². The van der Waals surface area contributed by atoms with Crippen LogP contribution in [0.15, 0.2) is 60.8 Å². The molecule has 3 rings (SSSR count). The number of amides is 1. The van der Waals surface area contributed by atoms with Crippen LogP contribution in [0.25, 0.3) is 11.3 Å². The van der Waals surface area contributed by atoms with E-state index in [0.717, 1.165) is 29.9 Å². The largest absolute Gasteiger partial charge is 0.346 e. The Kier molecular flexibility index (Phi) is 5.84. The van der Waals surface area contributed by atoms with Gasteiger partial charge in [-0.25, -0.2) is 4.98 Å². The molecular formula is C22H25N3O. The summed E-state index contributed by atoms with van der Waals surface area (Å²) in [5, 5.41) is 3.10. The van der Waals surface area contributed by atoms with Crippen LogP contribution in [0.2, 0.25) is 0 Å². The van der Waals surface area contributed by atoms with Crippen molar-refractivity contribution in [3.8, 4) is 11.3 Å². The van der Waals surface area contributed by atoms with Crippen LogP contribution in [-0.2, 0) is 11.2 Å². The molecule has 0 saturated heterocycles. The summed E-state index contributed by atoms with van der Waals surface area (Å²) in [4.78, 5) is 20.2. The summed E-state index contributed by atoms with van der Waals surface area (Å²) in [5.74, 6) is 0.853. The second-order valence-electron chi connectivity index (χ2n) is 6.57. The summed E-state index contributed by atoms with van der Waals surface area (Å²) in [5.41, 5.74) is 4.47. The standard InChI is InChI=1S/C22H25N3O/c1-3-19(22-23-15-20(25-22)18-10-5-4-6-11-18)24-21(26)13-12-17-9-7-8-16(2)14-17/h4-11,14-15,19H,3,12-13H2,1-2H3,(H,23,25)(H,24,26). The fourth-order valence-electron chi connectivity index (χ4n) is 3.03. The Morgan fingerprint density at radius 3 is 2.69 bits per heavy atom.